The minimum absolute atomic E-state index is 0.000384. The van der Waals surface area contributed by atoms with Crippen molar-refractivity contribution < 1.29 is 4.79 Å². The van der Waals surface area contributed by atoms with E-state index in [1.807, 2.05) is 31.2 Å². The lowest BCUT2D eigenvalue weighted by molar-refractivity contribution is -0.122. The number of amides is 1. The molecule has 3 rings (SSSR count). The number of hydrogen-bond donors (Lipinski definition) is 2. The molecule has 0 atom stereocenters. The Morgan fingerprint density at radius 3 is 2.62 bits per heavy atom. The lowest BCUT2D eigenvalue weighted by atomic mass is 9.87. The quantitative estimate of drug-likeness (QED) is 0.833. The third-order valence-corrected chi connectivity index (χ3v) is 5.06. The maximum Gasteiger partial charge on any atom is 0.240 e. The number of aromatic nitrogens is 3. The van der Waals surface area contributed by atoms with Crippen LogP contribution in [0.4, 0.5) is 0 Å². The van der Waals surface area contributed by atoms with Gasteiger partial charge in [0.25, 0.3) is 0 Å². The van der Waals surface area contributed by atoms with Gasteiger partial charge in [-0.2, -0.15) is 5.10 Å². The van der Waals surface area contributed by atoms with Crippen LogP contribution in [-0.4, -0.2) is 26.7 Å². The van der Waals surface area contributed by atoms with Gasteiger partial charge in [-0.3, -0.25) is 14.5 Å². The summed E-state index contributed by atoms with van der Waals surface area (Å²) < 4.78 is 2.24. The Kier molecular flexibility index (Phi) is 5.14. The molecule has 0 saturated heterocycles. The molecule has 0 spiro atoms. The highest BCUT2D eigenvalue weighted by molar-refractivity contribution is 7.71. The third-order valence-electron chi connectivity index (χ3n) is 4.75. The van der Waals surface area contributed by atoms with Crippen molar-refractivity contribution >= 4 is 18.1 Å². The summed E-state index contributed by atoms with van der Waals surface area (Å²) in [6, 6.07) is 8.34. The molecule has 24 heavy (non-hydrogen) atoms. The summed E-state index contributed by atoms with van der Waals surface area (Å²) >= 11 is 5.30. The molecule has 6 heteroatoms. The van der Waals surface area contributed by atoms with Gasteiger partial charge in [-0.1, -0.05) is 36.8 Å². The van der Waals surface area contributed by atoms with Crippen molar-refractivity contribution in [2.24, 2.45) is 5.92 Å². The fourth-order valence-electron chi connectivity index (χ4n) is 3.21. The number of carbonyl (C=O) groups is 1. The van der Waals surface area contributed by atoms with Gasteiger partial charge in [0.1, 0.15) is 6.54 Å². The molecule has 1 aliphatic rings. The Labute approximate surface area is 147 Å². The van der Waals surface area contributed by atoms with Crippen molar-refractivity contribution in [2.75, 3.05) is 0 Å². The first-order chi connectivity index (χ1) is 11.5. The Hall–Kier alpha value is -1.95. The number of nitrogens with zero attached hydrogens (tertiary/aromatic N) is 2. The van der Waals surface area contributed by atoms with E-state index >= 15 is 0 Å². The molecule has 1 aromatic heterocycles. The molecule has 2 N–H and O–H groups in total. The number of carbonyl (C=O) groups excluding carboxylic acids is 1. The van der Waals surface area contributed by atoms with Crippen LogP contribution in [-0.2, 0) is 11.3 Å². The van der Waals surface area contributed by atoms with Crippen LogP contribution in [0, 0.1) is 17.6 Å². The van der Waals surface area contributed by atoms with Gasteiger partial charge >= 0.3 is 0 Å². The first kappa shape index (κ1) is 16.9. The van der Waals surface area contributed by atoms with E-state index in [4.69, 9.17) is 12.2 Å². The zero-order chi connectivity index (χ0) is 17.1. The number of H-pyrrole nitrogens is 1. The summed E-state index contributed by atoms with van der Waals surface area (Å²) in [6.45, 7) is 4.51. The molecule has 1 heterocycles. The van der Waals surface area contributed by atoms with Crippen molar-refractivity contribution in [3.8, 4) is 11.4 Å². The van der Waals surface area contributed by atoms with E-state index < -0.39 is 0 Å². The predicted molar refractivity (Wildman–Crippen MR) is 97.1 cm³/mol. The molecule has 5 nitrogen and oxygen atoms in total. The number of rotatable bonds is 4. The van der Waals surface area contributed by atoms with Gasteiger partial charge in [0.2, 0.25) is 5.91 Å². The van der Waals surface area contributed by atoms with Crippen LogP contribution in [0.3, 0.4) is 0 Å². The van der Waals surface area contributed by atoms with Crippen molar-refractivity contribution in [3.63, 3.8) is 0 Å². The lowest BCUT2D eigenvalue weighted by Gasteiger charge is -2.27. The maximum absolute atomic E-state index is 12.4. The lowest BCUT2D eigenvalue weighted by Crippen LogP contribution is -2.39. The van der Waals surface area contributed by atoms with Crippen LogP contribution in [0.1, 0.15) is 38.2 Å². The Morgan fingerprint density at radius 1 is 1.29 bits per heavy atom. The van der Waals surface area contributed by atoms with E-state index in [-0.39, 0.29) is 18.5 Å². The highest BCUT2D eigenvalue weighted by atomic mass is 32.1. The zero-order valence-corrected chi connectivity index (χ0v) is 15.0. The monoisotopic (exact) mass is 344 g/mol. The second-order valence-corrected chi connectivity index (χ2v) is 7.22. The topological polar surface area (TPSA) is 62.7 Å². The van der Waals surface area contributed by atoms with Gasteiger partial charge in [-0.15, -0.1) is 0 Å². The molecule has 0 bridgehead atoms. The second-order valence-electron chi connectivity index (χ2n) is 6.83. The fourth-order valence-corrected chi connectivity index (χ4v) is 3.41. The van der Waals surface area contributed by atoms with E-state index in [0.717, 1.165) is 24.3 Å². The summed E-state index contributed by atoms with van der Waals surface area (Å²) in [4.78, 5) is 12.4. The summed E-state index contributed by atoms with van der Waals surface area (Å²) in [5.41, 5.74) is 2.14. The van der Waals surface area contributed by atoms with Crippen LogP contribution in [0.15, 0.2) is 24.3 Å². The number of nitrogens with one attached hydrogen (secondary N) is 2. The van der Waals surface area contributed by atoms with Crippen molar-refractivity contribution in [2.45, 2.75) is 52.1 Å². The first-order valence-corrected chi connectivity index (χ1v) is 8.95. The molecular formula is C18H24N4OS. The molecule has 128 valence electrons. The molecule has 1 aliphatic carbocycles. The minimum atomic E-state index is 0.000384. The summed E-state index contributed by atoms with van der Waals surface area (Å²) in [6.07, 6.45) is 4.50. The molecule has 1 saturated carbocycles. The predicted octanol–water partition coefficient (Wildman–Crippen LogP) is 3.61. The van der Waals surface area contributed by atoms with Crippen molar-refractivity contribution in [1.29, 1.82) is 0 Å². The second kappa shape index (κ2) is 7.30. The third kappa shape index (κ3) is 3.93. The molecular weight excluding hydrogens is 320 g/mol. The van der Waals surface area contributed by atoms with Gasteiger partial charge in [-0.25, -0.2) is 0 Å². The van der Waals surface area contributed by atoms with Gasteiger partial charge in [0.05, 0.1) is 0 Å². The van der Waals surface area contributed by atoms with Crippen molar-refractivity contribution in [1.82, 2.24) is 20.1 Å². The summed E-state index contributed by atoms with van der Waals surface area (Å²) in [5.74, 6) is 1.47. The Morgan fingerprint density at radius 2 is 1.96 bits per heavy atom. The average molecular weight is 344 g/mol. The van der Waals surface area contributed by atoms with E-state index in [1.54, 1.807) is 4.57 Å². The highest BCUT2D eigenvalue weighted by Gasteiger charge is 2.20. The molecule has 0 aliphatic heterocycles. The molecule has 1 aromatic carbocycles. The van der Waals surface area contributed by atoms with E-state index in [9.17, 15) is 4.79 Å². The summed E-state index contributed by atoms with van der Waals surface area (Å²) in [7, 11) is 0. The van der Waals surface area contributed by atoms with Crippen LogP contribution in [0.5, 0.6) is 0 Å². The molecule has 0 unspecified atom stereocenters. The van der Waals surface area contributed by atoms with Gasteiger partial charge < -0.3 is 5.32 Å². The van der Waals surface area contributed by atoms with Crippen LogP contribution in [0.2, 0.25) is 0 Å². The molecule has 0 radical (unpaired) electrons. The van der Waals surface area contributed by atoms with Crippen LogP contribution < -0.4 is 5.32 Å². The zero-order valence-electron chi connectivity index (χ0n) is 14.2. The molecule has 2 aromatic rings. The number of aromatic amines is 1. The number of benzene rings is 1. The van der Waals surface area contributed by atoms with E-state index in [0.29, 0.717) is 10.6 Å². The van der Waals surface area contributed by atoms with E-state index in [1.165, 1.54) is 18.4 Å². The fraction of sp³-hybridized carbons (Fsp3) is 0.500. The van der Waals surface area contributed by atoms with Gasteiger partial charge in [-0.05, 0) is 50.7 Å². The Bertz CT molecular complexity index is 754. The molecule has 1 amide bonds. The smallest absolute Gasteiger partial charge is 0.240 e. The number of aryl methyl sites for hydroxylation is 1. The molecule has 1 fully saturated rings. The maximum atomic E-state index is 12.4. The largest absolute Gasteiger partial charge is 0.352 e. The van der Waals surface area contributed by atoms with Crippen LogP contribution >= 0.6 is 12.2 Å². The highest BCUT2D eigenvalue weighted by Crippen LogP contribution is 2.23. The minimum Gasteiger partial charge on any atom is -0.352 e. The number of hydrogen-bond acceptors (Lipinski definition) is 3. The first-order valence-electron chi connectivity index (χ1n) is 8.54. The SMILES string of the molecule is Cc1ccc(-c2n[nH]c(=S)n2CC(=O)NC2CCC(C)CC2)cc1. The normalized spacial score (nSPS) is 20.8. The van der Waals surface area contributed by atoms with Crippen LogP contribution in [0.25, 0.3) is 11.4 Å². The standard InChI is InChI=1S/C18H24N4OS/c1-12-3-7-14(8-4-12)17-20-21-18(24)22(17)11-16(23)19-15-9-5-13(2)6-10-15/h3-4,7-8,13,15H,5-6,9-11H2,1-2H3,(H,19,23)(H,21,24). The Balaban J connectivity index is 1.71. The van der Waals surface area contributed by atoms with Gasteiger partial charge in [0.15, 0.2) is 10.6 Å². The average Bonchev–Trinajstić information content (AvgIpc) is 2.91. The van der Waals surface area contributed by atoms with Gasteiger partial charge in [0, 0.05) is 11.6 Å². The van der Waals surface area contributed by atoms with E-state index in [2.05, 4.69) is 22.4 Å². The summed E-state index contributed by atoms with van der Waals surface area (Å²) in [5, 5.41) is 10.2. The van der Waals surface area contributed by atoms with Crippen molar-refractivity contribution in [3.05, 3.63) is 34.6 Å².